The molecule has 0 unspecified atom stereocenters. The summed E-state index contributed by atoms with van der Waals surface area (Å²) in [5.74, 6) is 0.981. The van der Waals surface area contributed by atoms with E-state index >= 15 is 0 Å². The first kappa shape index (κ1) is 20.7. The number of rotatable bonds is 7. The van der Waals surface area contributed by atoms with Crippen molar-refractivity contribution < 1.29 is 4.42 Å². The Hall–Kier alpha value is -3.14. The van der Waals surface area contributed by atoms with Crippen molar-refractivity contribution in [2.45, 2.75) is 31.0 Å². The van der Waals surface area contributed by atoms with Crippen LogP contribution in [0.5, 0.6) is 0 Å². The van der Waals surface area contributed by atoms with Crippen molar-refractivity contribution in [1.82, 2.24) is 10.2 Å². The van der Waals surface area contributed by atoms with Crippen molar-refractivity contribution in [3.63, 3.8) is 0 Å². The van der Waals surface area contributed by atoms with E-state index < -0.39 is 0 Å². The Labute approximate surface area is 190 Å². The molecule has 162 valence electrons. The van der Waals surface area contributed by atoms with Crippen LogP contribution in [0, 0.1) is 0 Å². The normalized spacial score (nSPS) is 16.3. The number of furan rings is 1. The molecule has 0 atom stereocenters. The molecule has 3 heteroatoms. The number of likely N-dealkylation sites (tertiary alicyclic amines) is 1. The van der Waals surface area contributed by atoms with E-state index in [1.807, 2.05) is 12.1 Å². The van der Waals surface area contributed by atoms with Gasteiger partial charge in [-0.2, -0.15) is 0 Å². The summed E-state index contributed by atoms with van der Waals surface area (Å²) in [6.45, 7) is 2.78. The molecule has 1 aliphatic heterocycles. The van der Waals surface area contributed by atoms with E-state index in [-0.39, 0.29) is 11.6 Å². The Balaban J connectivity index is 1.41. The maximum atomic E-state index is 5.61. The molecule has 0 amide bonds. The molecule has 0 spiro atoms. The highest BCUT2D eigenvalue weighted by Gasteiger charge is 2.38. The first-order valence-corrected chi connectivity index (χ1v) is 11.5. The average Bonchev–Trinajstić information content (AvgIpc) is 3.40. The van der Waals surface area contributed by atoms with Crippen LogP contribution in [-0.2, 0) is 12.1 Å². The van der Waals surface area contributed by atoms with Crippen molar-refractivity contribution in [2.75, 3.05) is 13.1 Å². The van der Waals surface area contributed by atoms with Crippen molar-refractivity contribution in [3.8, 4) is 0 Å². The summed E-state index contributed by atoms with van der Waals surface area (Å²) in [6, 6.07) is 37.0. The molecule has 0 saturated carbocycles. The lowest BCUT2D eigenvalue weighted by Gasteiger charge is -2.45. The molecular weight excluding hydrogens is 392 g/mol. The lowest BCUT2D eigenvalue weighted by molar-refractivity contribution is 0.107. The van der Waals surface area contributed by atoms with Crippen LogP contribution in [0.1, 0.15) is 41.3 Å². The Bertz CT molecular complexity index is 1030. The van der Waals surface area contributed by atoms with Gasteiger partial charge in [-0.25, -0.2) is 0 Å². The smallest absolute Gasteiger partial charge is 0.117 e. The number of nitrogens with zero attached hydrogens (tertiary/aromatic N) is 1. The summed E-state index contributed by atoms with van der Waals surface area (Å²) in [4.78, 5) is 2.64. The minimum atomic E-state index is -0.0531. The van der Waals surface area contributed by atoms with Gasteiger partial charge >= 0.3 is 0 Å². The standard InChI is InChI=1S/C29H30N2O/c1-4-11-24(12-5-1)28(25-13-6-2-7-14-25)31-20-18-29(19-21-31,26-15-8-3-9-16-26)30-23-27-17-10-22-32-27/h1-17,22,28,30H,18-21,23H2. The molecule has 0 bridgehead atoms. The largest absolute Gasteiger partial charge is 0.468 e. The lowest BCUT2D eigenvalue weighted by atomic mass is 9.79. The monoisotopic (exact) mass is 422 g/mol. The molecular formula is C29H30N2O. The van der Waals surface area contributed by atoms with E-state index in [0.29, 0.717) is 0 Å². The summed E-state index contributed by atoms with van der Waals surface area (Å²) in [6.07, 6.45) is 3.85. The molecule has 1 N–H and O–H groups in total. The van der Waals surface area contributed by atoms with Crippen molar-refractivity contribution in [3.05, 3.63) is 132 Å². The second kappa shape index (κ2) is 9.56. The molecule has 2 heterocycles. The number of hydrogen-bond acceptors (Lipinski definition) is 3. The van der Waals surface area contributed by atoms with Gasteiger partial charge in [-0.15, -0.1) is 0 Å². The zero-order chi connectivity index (χ0) is 21.6. The molecule has 1 aliphatic rings. The fraction of sp³-hybridized carbons (Fsp3) is 0.241. The molecule has 32 heavy (non-hydrogen) atoms. The van der Waals surface area contributed by atoms with Crippen LogP contribution >= 0.6 is 0 Å². The van der Waals surface area contributed by atoms with Gasteiger partial charge in [0.05, 0.1) is 18.8 Å². The summed E-state index contributed by atoms with van der Waals surface area (Å²) >= 11 is 0. The first-order chi connectivity index (χ1) is 15.8. The van der Waals surface area contributed by atoms with Gasteiger partial charge in [-0.1, -0.05) is 91.0 Å². The van der Waals surface area contributed by atoms with Crippen LogP contribution in [0.2, 0.25) is 0 Å². The van der Waals surface area contributed by atoms with Gasteiger partial charge in [-0.3, -0.25) is 4.90 Å². The van der Waals surface area contributed by atoms with Gasteiger partial charge in [0.2, 0.25) is 0 Å². The highest BCUT2D eigenvalue weighted by Crippen LogP contribution is 2.38. The van der Waals surface area contributed by atoms with E-state index in [0.717, 1.165) is 38.2 Å². The number of hydrogen-bond donors (Lipinski definition) is 1. The Morgan fingerprint density at radius 2 is 1.28 bits per heavy atom. The van der Waals surface area contributed by atoms with Crippen LogP contribution < -0.4 is 5.32 Å². The summed E-state index contributed by atoms with van der Waals surface area (Å²) in [5.41, 5.74) is 4.02. The topological polar surface area (TPSA) is 28.4 Å². The molecule has 3 aromatic carbocycles. The van der Waals surface area contributed by atoms with E-state index in [1.54, 1.807) is 6.26 Å². The zero-order valence-corrected chi connectivity index (χ0v) is 18.4. The van der Waals surface area contributed by atoms with E-state index in [4.69, 9.17) is 4.42 Å². The van der Waals surface area contributed by atoms with Gasteiger partial charge in [0.25, 0.3) is 0 Å². The maximum absolute atomic E-state index is 5.61. The summed E-state index contributed by atoms with van der Waals surface area (Å²) < 4.78 is 5.61. The molecule has 4 aromatic rings. The van der Waals surface area contributed by atoms with E-state index in [2.05, 4.69) is 101 Å². The van der Waals surface area contributed by atoms with Crippen LogP contribution in [0.15, 0.2) is 114 Å². The quantitative estimate of drug-likeness (QED) is 0.387. The first-order valence-electron chi connectivity index (χ1n) is 11.5. The predicted octanol–water partition coefficient (Wildman–Crippen LogP) is 6.15. The molecule has 3 nitrogen and oxygen atoms in total. The Morgan fingerprint density at radius 1 is 0.719 bits per heavy atom. The highest BCUT2D eigenvalue weighted by molar-refractivity contribution is 5.33. The number of piperidine rings is 1. The minimum Gasteiger partial charge on any atom is -0.468 e. The van der Waals surface area contributed by atoms with Gasteiger partial charge in [0, 0.05) is 18.6 Å². The molecule has 5 rings (SSSR count). The third-order valence-electron chi connectivity index (χ3n) is 6.75. The molecule has 1 aromatic heterocycles. The van der Waals surface area contributed by atoms with Crippen LogP contribution in [0.3, 0.4) is 0 Å². The summed E-state index contributed by atoms with van der Waals surface area (Å²) in [7, 11) is 0. The minimum absolute atomic E-state index is 0.0531. The highest BCUT2D eigenvalue weighted by atomic mass is 16.3. The van der Waals surface area contributed by atoms with E-state index in [1.165, 1.54) is 16.7 Å². The average molecular weight is 423 g/mol. The zero-order valence-electron chi connectivity index (χ0n) is 18.4. The van der Waals surface area contributed by atoms with Crippen molar-refractivity contribution >= 4 is 0 Å². The van der Waals surface area contributed by atoms with Gasteiger partial charge in [-0.05, 0) is 41.7 Å². The fourth-order valence-corrected chi connectivity index (χ4v) is 5.04. The molecule has 0 radical (unpaired) electrons. The lowest BCUT2D eigenvalue weighted by Crippen LogP contribution is -2.51. The fourth-order valence-electron chi connectivity index (χ4n) is 5.04. The maximum Gasteiger partial charge on any atom is 0.117 e. The van der Waals surface area contributed by atoms with Crippen LogP contribution in [0.25, 0.3) is 0 Å². The Morgan fingerprint density at radius 3 is 1.81 bits per heavy atom. The molecule has 1 fully saturated rings. The number of nitrogens with one attached hydrogen (secondary N) is 1. The van der Waals surface area contributed by atoms with Crippen LogP contribution in [0.4, 0.5) is 0 Å². The third kappa shape index (κ3) is 4.40. The molecule has 1 saturated heterocycles. The second-order valence-electron chi connectivity index (χ2n) is 8.64. The predicted molar refractivity (Wildman–Crippen MR) is 129 cm³/mol. The SMILES string of the molecule is c1ccc(C(c2ccccc2)N2CCC(NCc3ccco3)(c3ccccc3)CC2)cc1. The Kier molecular flexibility index (Phi) is 6.20. The van der Waals surface area contributed by atoms with Gasteiger partial charge in [0.15, 0.2) is 0 Å². The van der Waals surface area contributed by atoms with E-state index in [9.17, 15) is 0 Å². The second-order valence-corrected chi connectivity index (χ2v) is 8.64. The number of benzene rings is 3. The molecule has 0 aliphatic carbocycles. The van der Waals surface area contributed by atoms with Crippen molar-refractivity contribution in [1.29, 1.82) is 0 Å². The van der Waals surface area contributed by atoms with Gasteiger partial charge in [0.1, 0.15) is 5.76 Å². The van der Waals surface area contributed by atoms with Gasteiger partial charge < -0.3 is 9.73 Å². The third-order valence-corrected chi connectivity index (χ3v) is 6.75. The van der Waals surface area contributed by atoms with Crippen molar-refractivity contribution in [2.24, 2.45) is 0 Å². The summed E-state index contributed by atoms with van der Waals surface area (Å²) in [5, 5.41) is 3.87. The van der Waals surface area contributed by atoms with Crippen LogP contribution in [-0.4, -0.2) is 18.0 Å².